The Labute approximate surface area is 193 Å². The molecule has 4 heteroatoms. The zero-order valence-corrected chi connectivity index (χ0v) is 21.3. The first kappa shape index (κ1) is 30.1. The van der Waals surface area contributed by atoms with E-state index in [0.717, 1.165) is 52.1 Å². The van der Waals surface area contributed by atoms with Gasteiger partial charge >= 0.3 is 0 Å². The number of nitrogens with one attached hydrogen (secondary N) is 2. The van der Waals surface area contributed by atoms with E-state index in [1.54, 1.807) is 0 Å². The van der Waals surface area contributed by atoms with Gasteiger partial charge in [-0.1, -0.05) is 56.5 Å². The fourth-order valence-electron chi connectivity index (χ4n) is 3.02. The average Bonchev–Trinajstić information content (AvgIpc) is 2.75. The van der Waals surface area contributed by atoms with Crippen LogP contribution in [-0.2, 0) is 15.9 Å². The Morgan fingerprint density at radius 3 is 1.68 bits per heavy atom. The number of hydrogen-bond acceptors (Lipinski definition) is 4. The number of aryl methyl sites for hydroxylation is 1. The second-order valence-electron chi connectivity index (χ2n) is 8.70. The van der Waals surface area contributed by atoms with Crippen molar-refractivity contribution >= 4 is 0 Å². The van der Waals surface area contributed by atoms with E-state index in [-0.39, 0.29) is 0 Å². The average molecular weight is 437 g/mol. The summed E-state index contributed by atoms with van der Waals surface area (Å²) >= 11 is 0. The number of unbranched alkanes of at least 4 members (excludes halogenated alkanes) is 3. The van der Waals surface area contributed by atoms with E-state index in [9.17, 15) is 0 Å². The molecule has 1 rings (SSSR count). The summed E-state index contributed by atoms with van der Waals surface area (Å²) in [7, 11) is 0. The highest BCUT2D eigenvalue weighted by Crippen LogP contribution is 2.01. The van der Waals surface area contributed by atoms with Crippen molar-refractivity contribution in [2.75, 3.05) is 39.4 Å². The molecule has 0 fully saturated rings. The van der Waals surface area contributed by atoms with Crippen LogP contribution in [0.2, 0.25) is 0 Å². The molecule has 31 heavy (non-hydrogen) atoms. The second-order valence-corrected chi connectivity index (χ2v) is 8.70. The van der Waals surface area contributed by atoms with Gasteiger partial charge in [0.15, 0.2) is 0 Å². The standard InChI is InChI=1S/C15H25NO.C12H27NO/c1-14(2)17-13-7-12-16-11-6-10-15-8-4-3-5-9-15;1-4-5-6-7-9-13-10-8-11-14-12(2)3/h3-5,8-9,14,16H,6-7,10-13H2,1-2H3;12-13H,4-11H2,1-3H3. The molecule has 4 nitrogen and oxygen atoms in total. The first-order chi connectivity index (χ1) is 15.1. The first-order valence-corrected chi connectivity index (χ1v) is 12.7. The molecule has 2 N–H and O–H groups in total. The molecule has 0 aromatic heterocycles. The molecule has 0 aliphatic rings. The van der Waals surface area contributed by atoms with Crippen molar-refractivity contribution in [3.05, 3.63) is 35.9 Å². The van der Waals surface area contributed by atoms with Gasteiger partial charge in [-0.05, 0) is 91.5 Å². The highest BCUT2D eigenvalue weighted by molar-refractivity contribution is 5.14. The summed E-state index contributed by atoms with van der Waals surface area (Å²) in [6.45, 7) is 16.7. The van der Waals surface area contributed by atoms with Crippen LogP contribution in [0.4, 0.5) is 0 Å². The molecule has 0 saturated carbocycles. The number of ether oxygens (including phenoxy) is 2. The molecular weight excluding hydrogens is 384 g/mol. The molecule has 0 bridgehead atoms. The monoisotopic (exact) mass is 436 g/mol. The van der Waals surface area contributed by atoms with Crippen LogP contribution in [-0.4, -0.2) is 51.6 Å². The van der Waals surface area contributed by atoms with Crippen LogP contribution in [0, 0.1) is 0 Å². The van der Waals surface area contributed by atoms with Crippen molar-refractivity contribution < 1.29 is 9.47 Å². The molecule has 0 amide bonds. The second kappa shape index (κ2) is 23.7. The maximum atomic E-state index is 5.48. The highest BCUT2D eigenvalue weighted by atomic mass is 16.5. The Balaban J connectivity index is 0.000000594. The lowest BCUT2D eigenvalue weighted by Gasteiger charge is -2.08. The Hall–Kier alpha value is -0.940. The third-order valence-corrected chi connectivity index (χ3v) is 4.77. The predicted octanol–water partition coefficient (Wildman–Crippen LogP) is 6.00. The predicted molar refractivity (Wildman–Crippen MR) is 136 cm³/mol. The minimum absolute atomic E-state index is 0.355. The summed E-state index contributed by atoms with van der Waals surface area (Å²) in [5, 5.41) is 6.89. The molecule has 0 atom stereocenters. The largest absolute Gasteiger partial charge is 0.379 e. The number of rotatable bonds is 19. The third kappa shape index (κ3) is 25.2. The summed E-state index contributed by atoms with van der Waals surface area (Å²) < 4.78 is 10.9. The molecule has 0 spiro atoms. The molecular formula is C27H52N2O2. The minimum Gasteiger partial charge on any atom is -0.379 e. The zero-order valence-electron chi connectivity index (χ0n) is 21.3. The Morgan fingerprint density at radius 2 is 1.16 bits per heavy atom. The van der Waals surface area contributed by atoms with Gasteiger partial charge in [0, 0.05) is 13.2 Å². The molecule has 182 valence electrons. The van der Waals surface area contributed by atoms with Crippen molar-refractivity contribution in [1.82, 2.24) is 10.6 Å². The van der Waals surface area contributed by atoms with Crippen LogP contribution in [0.3, 0.4) is 0 Å². The fourth-order valence-corrected chi connectivity index (χ4v) is 3.02. The lowest BCUT2D eigenvalue weighted by molar-refractivity contribution is 0.0769. The fraction of sp³-hybridized carbons (Fsp3) is 0.778. The third-order valence-electron chi connectivity index (χ3n) is 4.77. The van der Waals surface area contributed by atoms with Crippen LogP contribution in [0.25, 0.3) is 0 Å². The molecule has 0 aliphatic heterocycles. The molecule has 1 aromatic rings. The van der Waals surface area contributed by atoms with Gasteiger partial charge in [0.25, 0.3) is 0 Å². The maximum absolute atomic E-state index is 5.48. The summed E-state index contributed by atoms with van der Waals surface area (Å²) in [6, 6.07) is 10.7. The Morgan fingerprint density at radius 1 is 0.645 bits per heavy atom. The summed E-state index contributed by atoms with van der Waals surface area (Å²) in [4.78, 5) is 0. The van der Waals surface area contributed by atoms with Crippen LogP contribution in [0.5, 0.6) is 0 Å². The molecule has 1 aromatic carbocycles. The maximum Gasteiger partial charge on any atom is 0.0518 e. The van der Waals surface area contributed by atoms with Gasteiger partial charge in [0.1, 0.15) is 0 Å². The lowest BCUT2D eigenvalue weighted by Crippen LogP contribution is -2.19. The number of hydrogen-bond donors (Lipinski definition) is 2. The summed E-state index contributed by atoms with van der Waals surface area (Å²) in [5.74, 6) is 0. The number of benzene rings is 1. The van der Waals surface area contributed by atoms with Gasteiger partial charge in [-0.2, -0.15) is 0 Å². The first-order valence-electron chi connectivity index (χ1n) is 12.7. The van der Waals surface area contributed by atoms with Crippen molar-refractivity contribution in [2.24, 2.45) is 0 Å². The smallest absolute Gasteiger partial charge is 0.0518 e. The van der Waals surface area contributed by atoms with E-state index in [0.29, 0.717) is 12.2 Å². The van der Waals surface area contributed by atoms with Crippen LogP contribution < -0.4 is 10.6 Å². The van der Waals surface area contributed by atoms with Crippen molar-refractivity contribution in [2.45, 2.75) is 98.2 Å². The normalized spacial score (nSPS) is 11.1. The molecule has 0 radical (unpaired) electrons. The van der Waals surface area contributed by atoms with Crippen molar-refractivity contribution in [1.29, 1.82) is 0 Å². The summed E-state index contributed by atoms with van der Waals surface area (Å²) in [6.07, 6.45) is 10.7. The van der Waals surface area contributed by atoms with E-state index in [4.69, 9.17) is 9.47 Å². The van der Waals surface area contributed by atoms with E-state index < -0.39 is 0 Å². The van der Waals surface area contributed by atoms with Gasteiger partial charge < -0.3 is 20.1 Å². The van der Waals surface area contributed by atoms with Crippen molar-refractivity contribution in [3.63, 3.8) is 0 Å². The highest BCUT2D eigenvalue weighted by Gasteiger charge is 1.95. The topological polar surface area (TPSA) is 42.5 Å². The van der Waals surface area contributed by atoms with Crippen molar-refractivity contribution in [3.8, 4) is 0 Å². The Bertz CT molecular complexity index is 452. The van der Waals surface area contributed by atoms with E-state index >= 15 is 0 Å². The molecule has 0 unspecified atom stereocenters. The summed E-state index contributed by atoms with van der Waals surface area (Å²) in [5.41, 5.74) is 1.43. The minimum atomic E-state index is 0.355. The van der Waals surface area contributed by atoms with Crippen LogP contribution >= 0.6 is 0 Å². The van der Waals surface area contributed by atoms with Crippen LogP contribution in [0.1, 0.15) is 85.1 Å². The molecule has 0 saturated heterocycles. The SMILES string of the molecule is CC(C)OCCCNCCCc1ccccc1.CCCCCCNCCCOC(C)C. The van der Waals surface area contributed by atoms with Gasteiger partial charge in [-0.25, -0.2) is 0 Å². The van der Waals surface area contributed by atoms with E-state index in [1.165, 1.54) is 44.2 Å². The Kier molecular flexibility index (Phi) is 23.0. The lowest BCUT2D eigenvalue weighted by atomic mass is 10.1. The van der Waals surface area contributed by atoms with Gasteiger partial charge in [0.05, 0.1) is 12.2 Å². The van der Waals surface area contributed by atoms with Crippen LogP contribution in [0.15, 0.2) is 30.3 Å². The molecule has 0 aliphatic carbocycles. The quantitative estimate of drug-likeness (QED) is 0.261. The molecule has 0 heterocycles. The van der Waals surface area contributed by atoms with Gasteiger partial charge in [-0.15, -0.1) is 0 Å². The van der Waals surface area contributed by atoms with E-state index in [1.807, 2.05) is 0 Å². The van der Waals surface area contributed by atoms with E-state index in [2.05, 4.69) is 75.6 Å². The van der Waals surface area contributed by atoms with Gasteiger partial charge in [0.2, 0.25) is 0 Å². The zero-order chi connectivity index (χ0) is 23.0. The van der Waals surface area contributed by atoms with Gasteiger partial charge in [-0.3, -0.25) is 0 Å².